The number of nitrogens with zero attached hydrogens (tertiary/aromatic N) is 2. The zero-order valence-electron chi connectivity index (χ0n) is 7.95. The van der Waals surface area contributed by atoms with E-state index >= 15 is 0 Å². The fourth-order valence-electron chi connectivity index (χ4n) is 1.05. The van der Waals surface area contributed by atoms with Gasteiger partial charge in [0.15, 0.2) is 0 Å². The molecule has 0 saturated carbocycles. The molecular weight excluding hydrogens is 186 g/mol. The van der Waals surface area contributed by atoms with Gasteiger partial charge < -0.3 is 10.2 Å². The monoisotopic (exact) mass is 202 g/mol. The molecule has 0 radical (unpaired) electrons. The maximum atomic E-state index is 5.34. The first-order valence-electron chi connectivity index (χ1n) is 4.52. The van der Waals surface area contributed by atoms with Crippen LogP contribution in [0.3, 0.4) is 0 Å². The third kappa shape index (κ3) is 3.78. The molecule has 4 nitrogen and oxygen atoms in total. The molecular formula is C8H16N3OS+. The fourth-order valence-corrected chi connectivity index (χ4v) is 1.35. The van der Waals surface area contributed by atoms with Gasteiger partial charge in [0.2, 0.25) is 5.89 Å². The topological polar surface area (TPSA) is 66.6 Å². The molecule has 1 rings (SSSR count). The van der Waals surface area contributed by atoms with E-state index in [4.69, 9.17) is 4.42 Å². The van der Waals surface area contributed by atoms with Crippen LogP contribution in [0.15, 0.2) is 9.64 Å². The smallest absolute Gasteiger partial charge is 0.276 e. The Hall–Kier alpha value is -0.550. The highest BCUT2D eigenvalue weighted by Gasteiger charge is 2.03. The zero-order valence-corrected chi connectivity index (χ0v) is 8.77. The molecule has 0 saturated heterocycles. The molecule has 0 aliphatic rings. The van der Waals surface area contributed by atoms with Gasteiger partial charge in [-0.25, -0.2) is 0 Å². The first-order valence-corrected chi connectivity index (χ1v) is 5.75. The predicted octanol–water partition coefficient (Wildman–Crippen LogP) is 0.746. The molecule has 0 aliphatic carbocycles. The molecule has 13 heavy (non-hydrogen) atoms. The molecule has 1 heterocycles. The van der Waals surface area contributed by atoms with E-state index in [1.807, 2.05) is 6.26 Å². The molecule has 0 spiro atoms. The fraction of sp³-hybridized carbons (Fsp3) is 0.750. The number of quaternary nitrogens is 1. The van der Waals surface area contributed by atoms with E-state index in [0.717, 1.165) is 25.3 Å². The quantitative estimate of drug-likeness (QED) is 0.546. The van der Waals surface area contributed by atoms with Gasteiger partial charge in [0.1, 0.15) is 0 Å². The minimum Gasteiger partial charge on any atom is -0.416 e. The Morgan fingerprint density at radius 3 is 2.77 bits per heavy atom. The summed E-state index contributed by atoms with van der Waals surface area (Å²) in [5.74, 6) is 0.758. The van der Waals surface area contributed by atoms with Crippen LogP contribution >= 0.6 is 11.8 Å². The molecule has 1 aromatic heterocycles. The van der Waals surface area contributed by atoms with Crippen molar-refractivity contribution in [3.05, 3.63) is 5.89 Å². The van der Waals surface area contributed by atoms with Gasteiger partial charge >= 0.3 is 0 Å². The lowest BCUT2D eigenvalue weighted by atomic mass is 10.2. The lowest BCUT2D eigenvalue weighted by Gasteiger charge is -1.93. The highest BCUT2D eigenvalue weighted by molar-refractivity contribution is 7.98. The van der Waals surface area contributed by atoms with Crippen LogP contribution in [0.25, 0.3) is 0 Å². The number of aromatic nitrogens is 2. The standard InChI is InChI=1S/C8H15N3OS/c1-13-8-11-10-7(12-8)5-3-2-4-6-9/h2-6,9H2,1H3/p+1. The van der Waals surface area contributed by atoms with Crippen LogP contribution < -0.4 is 5.73 Å². The van der Waals surface area contributed by atoms with Crippen LogP contribution in [0.2, 0.25) is 0 Å². The lowest BCUT2D eigenvalue weighted by Crippen LogP contribution is -2.50. The normalized spacial score (nSPS) is 10.6. The van der Waals surface area contributed by atoms with Crippen molar-refractivity contribution >= 4 is 11.8 Å². The van der Waals surface area contributed by atoms with Crippen molar-refractivity contribution in [2.75, 3.05) is 12.8 Å². The van der Waals surface area contributed by atoms with Gasteiger partial charge in [0.05, 0.1) is 6.54 Å². The summed E-state index contributed by atoms with van der Waals surface area (Å²) in [5.41, 5.74) is 3.79. The van der Waals surface area contributed by atoms with Crippen molar-refractivity contribution in [1.82, 2.24) is 10.2 Å². The largest absolute Gasteiger partial charge is 0.416 e. The van der Waals surface area contributed by atoms with E-state index in [1.165, 1.54) is 24.6 Å². The van der Waals surface area contributed by atoms with Gasteiger partial charge in [-0.1, -0.05) is 11.8 Å². The number of unbranched alkanes of at least 4 members (excludes halogenated alkanes) is 2. The Bertz CT molecular complexity index is 239. The van der Waals surface area contributed by atoms with Crippen molar-refractivity contribution in [1.29, 1.82) is 0 Å². The summed E-state index contributed by atoms with van der Waals surface area (Å²) in [5, 5.41) is 8.46. The average Bonchev–Trinajstić information content (AvgIpc) is 2.60. The maximum absolute atomic E-state index is 5.34. The first kappa shape index (κ1) is 10.5. The van der Waals surface area contributed by atoms with Gasteiger partial charge in [-0.2, -0.15) is 0 Å². The minimum atomic E-state index is 0.659. The summed E-state index contributed by atoms with van der Waals surface area (Å²) in [6.45, 7) is 1.01. The van der Waals surface area contributed by atoms with Gasteiger partial charge in [0, 0.05) is 6.42 Å². The average molecular weight is 202 g/mol. The van der Waals surface area contributed by atoms with Crippen molar-refractivity contribution in [2.24, 2.45) is 0 Å². The van der Waals surface area contributed by atoms with Crippen molar-refractivity contribution in [2.45, 2.75) is 30.9 Å². The van der Waals surface area contributed by atoms with Gasteiger partial charge in [-0.3, -0.25) is 0 Å². The van der Waals surface area contributed by atoms with E-state index in [-0.39, 0.29) is 0 Å². The number of rotatable bonds is 6. The summed E-state index contributed by atoms with van der Waals surface area (Å²) >= 11 is 1.48. The molecule has 0 atom stereocenters. The molecule has 74 valence electrons. The summed E-state index contributed by atoms with van der Waals surface area (Å²) in [6.07, 6.45) is 6.32. The molecule has 5 heteroatoms. The summed E-state index contributed by atoms with van der Waals surface area (Å²) in [4.78, 5) is 0. The highest BCUT2D eigenvalue weighted by Crippen LogP contribution is 2.13. The highest BCUT2D eigenvalue weighted by atomic mass is 32.2. The third-order valence-corrected chi connectivity index (χ3v) is 2.28. The minimum absolute atomic E-state index is 0.659. The summed E-state index contributed by atoms with van der Waals surface area (Å²) in [7, 11) is 0. The van der Waals surface area contributed by atoms with E-state index in [1.54, 1.807) is 0 Å². The Labute approximate surface area is 82.3 Å². The second kappa shape index (κ2) is 5.99. The molecule has 0 fully saturated rings. The number of aryl methyl sites for hydroxylation is 1. The summed E-state index contributed by atoms with van der Waals surface area (Å²) in [6, 6.07) is 0. The van der Waals surface area contributed by atoms with Gasteiger partial charge in [0.25, 0.3) is 5.22 Å². The molecule has 0 aromatic carbocycles. The second-order valence-corrected chi connectivity index (χ2v) is 3.59. The zero-order chi connectivity index (χ0) is 9.52. The lowest BCUT2D eigenvalue weighted by molar-refractivity contribution is -0.368. The number of hydrogen-bond acceptors (Lipinski definition) is 4. The second-order valence-electron chi connectivity index (χ2n) is 2.83. The van der Waals surface area contributed by atoms with Crippen LogP contribution in [0.5, 0.6) is 0 Å². The van der Waals surface area contributed by atoms with Crippen LogP contribution in [-0.4, -0.2) is 23.0 Å². The molecule has 0 aliphatic heterocycles. The van der Waals surface area contributed by atoms with Crippen LogP contribution in [0.1, 0.15) is 25.2 Å². The van der Waals surface area contributed by atoms with Crippen LogP contribution in [0.4, 0.5) is 0 Å². The molecule has 1 aromatic rings. The molecule has 0 bridgehead atoms. The van der Waals surface area contributed by atoms with E-state index in [2.05, 4.69) is 15.9 Å². The summed E-state index contributed by atoms with van der Waals surface area (Å²) < 4.78 is 5.34. The van der Waals surface area contributed by atoms with Crippen LogP contribution in [0, 0.1) is 0 Å². The first-order chi connectivity index (χ1) is 6.36. The van der Waals surface area contributed by atoms with Crippen molar-refractivity contribution < 1.29 is 10.2 Å². The van der Waals surface area contributed by atoms with Crippen molar-refractivity contribution in [3.8, 4) is 0 Å². The molecule has 0 unspecified atom stereocenters. The Morgan fingerprint density at radius 1 is 1.31 bits per heavy atom. The maximum Gasteiger partial charge on any atom is 0.276 e. The van der Waals surface area contributed by atoms with Gasteiger partial charge in [-0.05, 0) is 25.5 Å². The van der Waals surface area contributed by atoms with Crippen LogP contribution in [-0.2, 0) is 6.42 Å². The third-order valence-electron chi connectivity index (χ3n) is 1.76. The Kier molecular flexibility index (Phi) is 4.85. The number of thioether (sulfide) groups is 1. The Balaban J connectivity index is 2.20. The van der Waals surface area contributed by atoms with Crippen molar-refractivity contribution in [3.63, 3.8) is 0 Å². The van der Waals surface area contributed by atoms with E-state index in [9.17, 15) is 0 Å². The van der Waals surface area contributed by atoms with Gasteiger partial charge in [-0.15, -0.1) is 10.2 Å². The Morgan fingerprint density at radius 2 is 2.15 bits per heavy atom. The predicted molar refractivity (Wildman–Crippen MR) is 51.4 cm³/mol. The molecule has 0 amide bonds. The molecule has 3 N–H and O–H groups in total. The SMILES string of the molecule is CSc1nnc(CCCCC[NH3+])o1. The number of hydrogen-bond donors (Lipinski definition) is 1. The van der Waals surface area contributed by atoms with E-state index in [0.29, 0.717) is 5.22 Å². The van der Waals surface area contributed by atoms with E-state index < -0.39 is 0 Å².